The fourth-order valence-electron chi connectivity index (χ4n) is 3.90. The molecule has 2 aliphatic heterocycles. The minimum absolute atomic E-state index is 0.0678. The lowest BCUT2D eigenvalue weighted by Crippen LogP contribution is -2.41. The van der Waals surface area contributed by atoms with Crippen molar-refractivity contribution in [2.24, 2.45) is 11.7 Å². The Morgan fingerprint density at radius 1 is 1.23 bits per heavy atom. The summed E-state index contributed by atoms with van der Waals surface area (Å²) in [5.41, 5.74) is 5.44. The van der Waals surface area contributed by atoms with Crippen LogP contribution >= 0.6 is 11.6 Å². The molecule has 0 radical (unpaired) electrons. The number of nitrogens with zero attached hydrogens (tertiary/aromatic N) is 2. The van der Waals surface area contributed by atoms with Gasteiger partial charge in [-0.3, -0.25) is 24.2 Å². The van der Waals surface area contributed by atoms with E-state index in [9.17, 15) is 19.2 Å². The number of fused-ring (bicyclic) bond motifs is 1. The molecule has 1 atom stereocenters. The number of H-pyrrole nitrogens is 1. The normalized spacial score (nSPS) is 18.8. The molecule has 5 N–H and O–H groups in total. The van der Waals surface area contributed by atoms with Gasteiger partial charge in [0, 0.05) is 36.1 Å². The standard InChI is InChI=1S/C20H21ClN6O4/c21-11-2-1-3-12(8-11)23-18(30)13-9-14(28)24-17-15(13)19(31)26-20(25-17)27-6-4-10(5-7-27)16(22)29/h1-3,8,10,13H,4-7,9H2,(H2,22,29)(H,23,30)(H2,24,25,26,28,31)/t13-/m0/s1. The number of rotatable bonds is 4. The van der Waals surface area contributed by atoms with E-state index in [1.807, 2.05) is 4.90 Å². The summed E-state index contributed by atoms with van der Waals surface area (Å²) >= 11 is 5.95. The molecule has 0 aliphatic carbocycles. The molecule has 2 aromatic rings. The molecular weight excluding hydrogens is 424 g/mol. The Balaban J connectivity index is 1.59. The van der Waals surface area contributed by atoms with Crippen LogP contribution in [0, 0.1) is 5.92 Å². The SMILES string of the molecule is NC(=O)C1CCN(c2nc3c(c(=O)[nH]2)[C@@H](C(=O)Nc2cccc(Cl)c2)CC(=O)N3)CC1. The monoisotopic (exact) mass is 444 g/mol. The van der Waals surface area contributed by atoms with Gasteiger partial charge in [-0.25, -0.2) is 0 Å². The molecular formula is C20H21ClN6O4. The number of nitrogens with two attached hydrogens (primary N) is 1. The summed E-state index contributed by atoms with van der Waals surface area (Å²) in [6.07, 6.45) is 0.924. The molecule has 31 heavy (non-hydrogen) atoms. The van der Waals surface area contributed by atoms with Crippen molar-refractivity contribution >= 4 is 46.8 Å². The van der Waals surface area contributed by atoms with Crippen LogP contribution in [-0.2, 0) is 14.4 Å². The number of carbonyl (C=O) groups is 3. The number of halogens is 1. The molecule has 162 valence electrons. The van der Waals surface area contributed by atoms with Crippen molar-refractivity contribution in [3.8, 4) is 0 Å². The molecule has 0 spiro atoms. The lowest BCUT2D eigenvalue weighted by Gasteiger charge is -2.32. The van der Waals surface area contributed by atoms with E-state index >= 15 is 0 Å². The number of benzene rings is 1. The summed E-state index contributed by atoms with van der Waals surface area (Å²) in [4.78, 5) is 58.3. The van der Waals surface area contributed by atoms with E-state index in [4.69, 9.17) is 17.3 Å². The Kier molecular flexibility index (Phi) is 5.64. The van der Waals surface area contributed by atoms with E-state index in [2.05, 4.69) is 20.6 Å². The third-order valence-electron chi connectivity index (χ3n) is 5.54. The highest BCUT2D eigenvalue weighted by Gasteiger charge is 2.35. The van der Waals surface area contributed by atoms with E-state index in [1.54, 1.807) is 24.3 Å². The highest BCUT2D eigenvalue weighted by atomic mass is 35.5. The van der Waals surface area contributed by atoms with Gasteiger partial charge in [0.1, 0.15) is 5.82 Å². The zero-order chi connectivity index (χ0) is 22.1. The van der Waals surface area contributed by atoms with Gasteiger partial charge in [-0.2, -0.15) is 4.98 Å². The number of carbonyl (C=O) groups excluding carboxylic acids is 3. The van der Waals surface area contributed by atoms with Crippen molar-refractivity contribution in [2.45, 2.75) is 25.2 Å². The lowest BCUT2D eigenvalue weighted by molar-refractivity contribution is -0.123. The maximum Gasteiger partial charge on any atom is 0.258 e. The van der Waals surface area contributed by atoms with Crippen LogP contribution in [0.5, 0.6) is 0 Å². The largest absolute Gasteiger partial charge is 0.369 e. The quantitative estimate of drug-likeness (QED) is 0.556. The number of primary amides is 1. The average molecular weight is 445 g/mol. The summed E-state index contributed by atoms with van der Waals surface area (Å²) in [5, 5.41) is 5.74. The third-order valence-corrected chi connectivity index (χ3v) is 5.78. The molecule has 2 aliphatic rings. The van der Waals surface area contributed by atoms with Crippen molar-refractivity contribution < 1.29 is 14.4 Å². The molecule has 0 bridgehead atoms. The van der Waals surface area contributed by atoms with Crippen LogP contribution in [0.25, 0.3) is 0 Å². The Labute approximate surface area is 182 Å². The number of amides is 3. The van der Waals surface area contributed by atoms with Crippen LogP contribution in [0.15, 0.2) is 29.1 Å². The van der Waals surface area contributed by atoms with E-state index in [-0.39, 0.29) is 35.6 Å². The Hall–Kier alpha value is -3.40. The lowest BCUT2D eigenvalue weighted by atomic mass is 9.92. The fraction of sp³-hybridized carbons (Fsp3) is 0.350. The molecule has 1 fully saturated rings. The van der Waals surface area contributed by atoms with Gasteiger partial charge in [0.25, 0.3) is 5.56 Å². The Bertz CT molecular complexity index is 1110. The van der Waals surface area contributed by atoms with Gasteiger partial charge < -0.3 is 21.3 Å². The molecule has 0 saturated carbocycles. The molecule has 1 aromatic carbocycles. The predicted octanol–water partition coefficient (Wildman–Crippen LogP) is 1.19. The van der Waals surface area contributed by atoms with Gasteiger partial charge in [-0.05, 0) is 31.0 Å². The van der Waals surface area contributed by atoms with Gasteiger partial charge in [0.15, 0.2) is 0 Å². The second kappa shape index (κ2) is 8.38. The molecule has 10 nitrogen and oxygen atoms in total. The first-order valence-corrected chi connectivity index (χ1v) is 10.2. The Morgan fingerprint density at radius 3 is 2.65 bits per heavy atom. The van der Waals surface area contributed by atoms with Crippen molar-refractivity contribution in [3.05, 3.63) is 45.2 Å². The molecule has 11 heteroatoms. The average Bonchev–Trinajstić information content (AvgIpc) is 2.72. The summed E-state index contributed by atoms with van der Waals surface area (Å²) < 4.78 is 0. The van der Waals surface area contributed by atoms with Crippen LogP contribution in [-0.4, -0.2) is 40.8 Å². The summed E-state index contributed by atoms with van der Waals surface area (Å²) in [6.45, 7) is 0.976. The van der Waals surface area contributed by atoms with Crippen molar-refractivity contribution in [1.82, 2.24) is 9.97 Å². The third kappa shape index (κ3) is 4.38. The number of piperidine rings is 1. The first kappa shape index (κ1) is 20.9. The van der Waals surface area contributed by atoms with Crippen LogP contribution in [0.4, 0.5) is 17.5 Å². The molecule has 3 amide bonds. The first-order valence-electron chi connectivity index (χ1n) is 9.86. The van der Waals surface area contributed by atoms with Gasteiger partial charge in [-0.1, -0.05) is 17.7 Å². The molecule has 1 saturated heterocycles. The number of aromatic amines is 1. The van der Waals surface area contributed by atoms with Crippen LogP contribution in [0.2, 0.25) is 5.02 Å². The number of hydrogen-bond donors (Lipinski definition) is 4. The van der Waals surface area contributed by atoms with Crippen molar-refractivity contribution in [1.29, 1.82) is 0 Å². The highest BCUT2D eigenvalue weighted by Crippen LogP contribution is 2.31. The van der Waals surface area contributed by atoms with Crippen LogP contribution in [0.1, 0.15) is 30.7 Å². The molecule has 1 aromatic heterocycles. The Morgan fingerprint density at radius 2 is 1.97 bits per heavy atom. The number of aromatic nitrogens is 2. The van der Waals surface area contributed by atoms with Gasteiger partial charge in [0.2, 0.25) is 23.7 Å². The first-order chi connectivity index (χ1) is 14.8. The van der Waals surface area contributed by atoms with Gasteiger partial charge in [0.05, 0.1) is 11.5 Å². The molecule has 4 rings (SSSR count). The predicted molar refractivity (Wildman–Crippen MR) is 115 cm³/mol. The topological polar surface area (TPSA) is 150 Å². The van der Waals surface area contributed by atoms with E-state index < -0.39 is 23.3 Å². The van der Waals surface area contributed by atoms with E-state index in [1.165, 1.54) is 0 Å². The second-order valence-electron chi connectivity index (χ2n) is 7.62. The van der Waals surface area contributed by atoms with Gasteiger partial charge >= 0.3 is 0 Å². The second-order valence-corrected chi connectivity index (χ2v) is 8.06. The molecule has 0 unspecified atom stereocenters. The smallest absolute Gasteiger partial charge is 0.258 e. The zero-order valence-corrected chi connectivity index (χ0v) is 17.2. The van der Waals surface area contributed by atoms with Crippen LogP contribution < -0.4 is 26.8 Å². The van der Waals surface area contributed by atoms with Crippen molar-refractivity contribution in [3.63, 3.8) is 0 Å². The number of hydrogen-bond acceptors (Lipinski definition) is 6. The maximum absolute atomic E-state index is 12.9. The number of anilines is 3. The maximum atomic E-state index is 12.9. The minimum atomic E-state index is -0.992. The summed E-state index contributed by atoms with van der Waals surface area (Å²) in [6, 6.07) is 6.59. The number of nitrogens with one attached hydrogen (secondary N) is 3. The summed E-state index contributed by atoms with van der Waals surface area (Å²) in [5.74, 6) is -2.10. The van der Waals surface area contributed by atoms with Gasteiger partial charge in [-0.15, -0.1) is 0 Å². The minimum Gasteiger partial charge on any atom is -0.369 e. The van der Waals surface area contributed by atoms with E-state index in [0.29, 0.717) is 36.6 Å². The van der Waals surface area contributed by atoms with Crippen LogP contribution in [0.3, 0.4) is 0 Å². The van der Waals surface area contributed by atoms with E-state index in [0.717, 1.165) is 0 Å². The summed E-state index contributed by atoms with van der Waals surface area (Å²) in [7, 11) is 0. The zero-order valence-electron chi connectivity index (χ0n) is 16.5. The van der Waals surface area contributed by atoms with Crippen molar-refractivity contribution in [2.75, 3.05) is 28.6 Å². The highest BCUT2D eigenvalue weighted by molar-refractivity contribution is 6.30. The molecule has 3 heterocycles. The fourth-order valence-corrected chi connectivity index (χ4v) is 4.09.